The Morgan fingerprint density at radius 2 is 1.22 bits per heavy atom. The summed E-state index contributed by atoms with van der Waals surface area (Å²) in [5.41, 5.74) is -0.841. The average molecular weight is 1040 g/mol. The van der Waals surface area contributed by atoms with Crippen LogP contribution >= 0.6 is 46.4 Å². The van der Waals surface area contributed by atoms with Crippen molar-refractivity contribution in [3.8, 4) is 17.4 Å². The predicted octanol–water partition coefficient (Wildman–Crippen LogP) is -6.87. The van der Waals surface area contributed by atoms with Crippen molar-refractivity contribution in [1.29, 1.82) is 0 Å². The van der Waals surface area contributed by atoms with E-state index < -0.39 is 40.3 Å². The van der Waals surface area contributed by atoms with Gasteiger partial charge in [0.2, 0.25) is 5.88 Å². The van der Waals surface area contributed by atoms with Crippen molar-refractivity contribution in [2.24, 2.45) is 0 Å². The number of rotatable bonds is 9. The number of hydrogen-bond donors (Lipinski definition) is 4. The average Bonchev–Trinajstić information content (AvgIpc) is 2.83. The van der Waals surface area contributed by atoms with E-state index in [4.69, 9.17) is 70.7 Å². The summed E-state index contributed by atoms with van der Waals surface area (Å²) in [5.74, 6) is 0.774. The fraction of sp³-hybridized carbons (Fsp3) is 0.278. The van der Waals surface area contributed by atoms with Crippen molar-refractivity contribution < 1.29 is 114 Å². The number of benzene rings is 1. The van der Waals surface area contributed by atoms with Crippen LogP contribution in [0.5, 0.6) is 17.4 Å². The van der Waals surface area contributed by atoms with Gasteiger partial charge < -0.3 is 101 Å². The molecule has 2 aliphatic rings. The van der Waals surface area contributed by atoms with Crippen molar-refractivity contribution in [2.45, 2.75) is 12.6 Å². The number of fused-ring (bicyclic) bond motifs is 2. The second kappa shape index (κ2) is 37.3. The van der Waals surface area contributed by atoms with Gasteiger partial charge in [-0.3, -0.25) is 0 Å². The molecular weight excluding hydrogens is 999 g/mol. The van der Waals surface area contributed by atoms with Crippen molar-refractivity contribution in [2.75, 3.05) is 19.8 Å². The fourth-order valence-electron chi connectivity index (χ4n) is 3.06. The molecule has 1 aromatic carbocycles. The van der Waals surface area contributed by atoms with Crippen LogP contribution in [0.1, 0.15) is 12.0 Å². The maximum atomic E-state index is 12.5. The van der Waals surface area contributed by atoms with E-state index >= 15 is 0 Å². The topological polar surface area (TPSA) is 420 Å². The molecule has 0 saturated carbocycles. The number of pyridine rings is 1. The Morgan fingerprint density at radius 1 is 0.796 bits per heavy atom. The molecule has 0 unspecified atom stereocenters. The van der Waals surface area contributed by atoms with Crippen LogP contribution in [-0.2, 0) is 29.0 Å². The number of aromatic nitrogens is 1. The summed E-state index contributed by atoms with van der Waals surface area (Å²) in [6.07, 6.45) is -1.84. The van der Waals surface area contributed by atoms with Crippen molar-refractivity contribution in [3.05, 3.63) is 56.6 Å². The Morgan fingerprint density at radius 3 is 1.59 bits per heavy atom. The van der Waals surface area contributed by atoms with Crippen LogP contribution in [0, 0.1) is 0 Å². The van der Waals surface area contributed by atoms with Crippen molar-refractivity contribution in [3.63, 3.8) is 0 Å². The van der Waals surface area contributed by atoms with Gasteiger partial charge in [-0.15, -0.1) is 0 Å². The van der Waals surface area contributed by atoms with E-state index in [-0.39, 0.29) is 225 Å². The summed E-state index contributed by atoms with van der Waals surface area (Å²) in [4.78, 5) is 3.61. The molecule has 2 bridgehead atoms. The first kappa shape index (κ1) is 80.5. The van der Waals surface area contributed by atoms with E-state index in [2.05, 4.69) is 27.8 Å². The van der Waals surface area contributed by atoms with Crippen LogP contribution in [0.25, 0.3) is 0 Å². The standard InChI is InChI=1S/C18H14Cl4F3NO3.B4H4O9.K.2Na.8H2O.Sb.6H/c19-13-8-12(27-7-4-15(21)22)9-14(20)17(13)29-6-1-5-28-16-3-2-11(10-26-16)18(23,24)25;5-1-9-3(7)11-2(6)12-4(8,10-1)13-3;;;;;;;;;;;;;;;;;;/h2-4,8-10H,1,5-7H2;5-8H;;;;8*1H2;;;;;;;/q;-2;;;;;;;;;;;;;;;;;;. The Labute approximate surface area is 429 Å². The first-order valence-corrected chi connectivity index (χ1v) is 13.0. The molecule has 308 valence electrons. The van der Waals surface area contributed by atoms with Crippen LogP contribution in [-0.4, -0.2) is 252 Å². The zero-order chi connectivity index (χ0) is 31.1. The maximum absolute atomic E-state index is 12.5. The number of alkyl halides is 3. The molecule has 2 aromatic rings. The van der Waals surface area contributed by atoms with Gasteiger partial charge in [0.1, 0.15) is 16.8 Å². The van der Waals surface area contributed by atoms with E-state index in [1.54, 1.807) is 0 Å². The first-order chi connectivity index (χ1) is 19.6. The third-order valence-corrected chi connectivity index (χ3v) is 5.68. The first-order valence-electron chi connectivity index (χ1n) is 11.5. The molecule has 3 heterocycles. The zero-order valence-electron chi connectivity index (χ0n) is 25.5. The second-order valence-electron chi connectivity index (χ2n) is 7.96. The van der Waals surface area contributed by atoms with Crippen molar-refractivity contribution in [1.82, 2.24) is 4.98 Å². The third kappa shape index (κ3) is 28.1. The van der Waals surface area contributed by atoms with E-state index in [0.29, 0.717) is 18.4 Å². The molecule has 0 spiro atoms. The minimum atomic E-state index is -4.44. The number of ether oxygens (including phenoxy) is 3. The number of halogens is 7. The quantitative estimate of drug-likeness (QED) is 0.134. The molecular formula is C18H40B4Cl4F3KNNa2O20Sb-2. The molecule has 20 N–H and O–H groups in total. The molecule has 1 aromatic heterocycles. The molecule has 0 amide bonds. The predicted molar refractivity (Wildman–Crippen MR) is 204 cm³/mol. The Kier molecular flexibility index (Phi) is 55.6. The van der Waals surface area contributed by atoms with Gasteiger partial charge in [0.15, 0.2) is 5.75 Å². The fourth-order valence-corrected chi connectivity index (χ4v) is 3.77. The molecule has 0 radical (unpaired) electrons. The van der Waals surface area contributed by atoms with Gasteiger partial charge in [-0.1, -0.05) is 46.4 Å². The molecule has 2 fully saturated rings. The monoisotopic (exact) mass is 1040 g/mol. The van der Waals surface area contributed by atoms with Crippen LogP contribution in [0.4, 0.5) is 13.2 Å². The number of hydrogen-bond acceptors (Lipinski definition) is 13. The van der Waals surface area contributed by atoms with E-state index in [1.165, 1.54) is 18.2 Å². The molecule has 0 atom stereocenters. The SMILES string of the molecule is FC(F)(F)c1ccc(OCCCOc2c(Cl)cc(OCC=C(Cl)Cl)cc2Cl)nc1.O.O.O.O.O.O.O.O.OB1O[B-]2(O)OB(O)O[B-](O)(O1)O2.[KH].[NaH].[NaH].[SbH3]. The molecule has 2 saturated heterocycles. The summed E-state index contributed by atoms with van der Waals surface area (Å²) >= 11 is 23.3. The summed E-state index contributed by atoms with van der Waals surface area (Å²) in [5, 5.41) is 36.4. The molecule has 0 aliphatic carbocycles. The van der Waals surface area contributed by atoms with Crippen LogP contribution in [0.3, 0.4) is 0 Å². The van der Waals surface area contributed by atoms with E-state index in [1.807, 2.05) is 0 Å². The summed E-state index contributed by atoms with van der Waals surface area (Å²) in [6.45, 7) is -6.36. The van der Waals surface area contributed by atoms with Gasteiger partial charge in [0.05, 0.1) is 28.8 Å². The van der Waals surface area contributed by atoms with Gasteiger partial charge in [0.25, 0.3) is 0 Å². The molecule has 54 heavy (non-hydrogen) atoms. The van der Waals surface area contributed by atoms with E-state index in [0.717, 1.165) is 12.1 Å². The van der Waals surface area contributed by atoms with Crippen LogP contribution < -0.4 is 14.2 Å². The van der Waals surface area contributed by atoms with Crippen LogP contribution in [0.2, 0.25) is 10.0 Å². The molecule has 21 nitrogen and oxygen atoms in total. The van der Waals surface area contributed by atoms with Gasteiger partial charge in [0, 0.05) is 30.8 Å². The zero-order valence-corrected chi connectivity index (χ0v) is 32.5. The molecule has 4 rings (SSSR count). The molecule has 36 heteroatoms. The second-order valence-corrected chi connectivity index (χ2v) is 9.78. The molecule has 2 aliphatic heterocycles. The number of nitrogens with zero attached hydrogens (tertiary/aromatic N) is 1. The van der Waals surface area contributed by atoms with Gasteiger partial charge in [-0.25, -0.2) is 4.98 Å². The normalized spacial score (nSPS) is 16.9. The summed E-state index contributed by atoms with van der Waals surface area (Å²) < 4.78 is 74.8. The van der Waals surface area contributed by atoms with Gasteiger partial charge in [-0.05, 0) is 12.1 Å². The Balaban J connectivity index is -0.0000000848. The third-order valence-electron chi connectivity index (χ3n) is 4.81. The minimum absolute atomic E-state index is 0. The van der Waals surface area contributed by atoms with Crippen molar-refractivity contribution >= 4 is 210 Å². The van der Waals surface area contributed by atoms with Gasteiger partial charge in [-0.2, -0.15) is 13.2 Å². The Hall–Kier alpha value is 2.49. The summed E-state index contributed by atoms with van der Waals surface area (Å²) in [7, 11) is -3.92. The summed E-state index contributed by atoms with van der Waals surface area (Å²) in [6, 6.07) is 5.12. The van der Waals surface area contributed by atoms with E-state index in [9.17, 15) is 23.2 Å². The van der Waals surface area contributed by atoms with Crippen LogP contribution in [0.15, 0.2) is 41.0 Å². The van der Waals surface area contributed by atoms with Gasteiger partial charge >= 0.3 is 170 Å². The Bertz CT molecular complexity index is 1220.